The van der Waals surface area contributed by atoms with Gasteiger partial charge in [0.25, 0.3) is 0 Å². The van der Waals surface area contributed by atoms with Gasteiger partial charge in [-0.05, 0) is 169 Å². The second-order valence-corrected chi connectivity index (χ2v) is 18.9. The summed E-state index contributed by atoms with van der Waals surface area (Å²) >= 11 is -2.25. The van der Waals surface area contributed by atoms with E-state index in [1.54, 1.807) is 12.4 Å². The van der Waals surface area contributed by atoms with Crippen molar-refractivity contribution in [1.82, 2.24) is 0 Å². The maximum atomic E-state index is 11.2. The van der Waals surface area contributed by atoms with Crippen LogP contribution in [0.1, 0.15) is 47.2 Å². The fraction of sp³-hybridized carbons (Fsp3) is 0.153. The number of aromatic hydroxyl groups is 2. The molecule has 0 radical (unpaired) electrons. The molecule has 0 unspecified atom stereocenters. The van der Waals surface area contributed by atoms with Crippen molar-refractivity contribution in [3.05, 3.63) is 191 Å². The topological polar surface area (TPSA) is 124 Å². The molecule has 2 aliphatic rings. The summed E-state index contributed by atoms with van der Waals surface area (Å²) in [5, 5.41) is 22.4. The molecule has 2 aliphatic heterocycles. The van der Waals surface area contributed by atoms with Crippen molar-refractivity contribution in [3.8, 4) is 56.8 Å². The van der Waals surface area contributed by atoms with E-state index in [1.807, 2.05) is 109 Å². The van der Waals surface area contributed by atoms with Crippen molar-refractivity contribution in [3.63, 3.8) is 0 Å². The fourth-order valence-electron chi connectivity index (χ4n) is 9.46. The summed E-state index contributed by atoms with van der Waals surface area (Å²) in [6, 6.07) is 52.7. The Morgan fingerprint density at radius 3 is 1.09 bits per heavy atom. The van der Waals surface area contributed by atoms with Gasteiger partial charge in [0.15, 0.2) is 23.0 Å². The van der Waals surface area contributed by atoms with Gasteiger partial charge in [0.2, 0.25) is 0 Å². The quantitative estimate of drug-likeness (QED) is 0.130. The second-order valence-electron chi connectivity index (χ2n) is 18.4. The van der Waals surface area contributed by atoms with Gasteiger partial charge in [0.1, 0.15) is 11.5 Å². The monoisotopic (exact) mass is 1100 g/mol. The Morgan fingerprint density at radius 1 is 0.486 bits per heavy atom. The maximum absolute atomic E-state index is 11.2. The minimum atomic E-state index is -2.25. The summed E-state index contributed by atoms with van der Waals surface area (Å²) in [7, 11) is 0. The predicted octanol–water partition coefficient (Wildman–Crippen LogP) is 15.1. The number of rotatable bonds is 10. The number of anilines is 6. The third-order valence-electron chi connectivity index (χ3n) is 12.6. The molecule has 10 rings (SSSR count). The van der Waals surface area contributed by atoms with Gasteiger partial charge in [-0.1, -0.05) is 74.5 Å². The number of fused-ring (bicyclic) bond motifs is 4. The van der Waals surface area contributed by atoms with Crippen molar-refractivity contribution in [2.24, 2.45) is 15.4 Å². The molecule has 70 heavy (non-hydrogen) atoms. The first-order chi connectivity index (χ1) is 33.8. The molecule has 8 aromatic rings. The number of nitrogens with zero attached hydrogens (tertiary/aromatic N) is 4. The second kappa shape index (κ2) is 20.0. The van der Waals surface area contributed by atoms with E-state index in [2.05, 4.69) is 99.9 Å². The van der Waals surface area contributed by atoms with Gasteiger partial charge < -0.3 is 29.5 Å². The van der Waals surface area contributed by atoms with E-state index in [9.17, 15) is 10.2 Å². The molecule has 0 spiro atoms. The van der Waals surface area contributed by atoms with E-state index in [1.165, 1.54) is 0 Å². The van der Waals surface area contributed by atoms with Crippen LogP contribution in [0.2, 0.25) is 0 Å². The zero-order valence-electron chi connectivity index (χ0n) is 39.8. The number of hydrogen-bond acceptors (Lipinski definition) is 10. The zero-order valence-corrected chi connectivity index (χ0v) is 42.7. The van der Waals surface area contributed by atoms with Crippen molar-refractivity contribution in [2.75, 3.05) is 22.9 Å². The fourth-order valence-corrected chi connectivity index (χ4v) is 9.46. The molecular formula is C59H52N4O6W. The first kappa shape index (κ1) is 47.3. The number of aryl methyl sites for hydroxylation is 4. The predicted molar refractivity (Wildman–Crippen MR) is 276 cm³/mol. The molecule has 0 saturated carbocycles. The first-order valence-electron chi connectivity index (χ1n) is 23.0. The van der Waals surface area contributed by atoms with Crippen molar-refractivity contribution in [1.29, 1.82) is 0 Å². The summed E-state index contributed by atoms with van der Waals surface area (Å²) in [6.45, 7) is 13.7. The van der Waals surface area contributed by atoms with Gasteiger partial charge in [-0.15, -0.1) is 0 Å². The van der Waals surface area contributed by atoms with E-state index in [-0.39, 0.29) is 16.9 Å². The molecule has 0 bridgehead atoms. The van der Waals surface area contributed by atoms with E-state index in [4.69, 9.17) is 26.3 Å². The molecule has 0 fully saturated rings. The zero-order chi connectivity index (χ0) is 49.1. The molecule has 0 atom stereocenters. The average Bonchev–Trinajstić information content (AvgIpc) is 3.33. The molecule has 2 heterocycles. The van der Waals surface area contributed by atoms with Crippen molar-refractivity contribution >= 4 is 46.6 Å². The normalized spacial score (nSPS) is 12.5. The average molecular weight is 1100 g/mol. The summed E-state index contributed by atoms with van der Waals surface area (Å²) in [4.78, 5) is 14.0. The Hall–Kier alpha value is -7.81. The number of phenols is 2. The number of para-hydroxylation sites is 8. The third-order valence-corrected chi connectivity index (χ3v) is 12.6. The van der Waals surface area contributed by atoms with Gasteiger partial charge in [-0.25, -0.2) is 0 Å². The molecule has 0 aliphatic carbocycles. The molecular weight excluding hydrogens is 1040 g/mol. The van der Waals surface area contributed by atoms with Gasteiger partial charge in [-0.2, -0.15) is 0 Å². The van der Waals surface area contributed by atoms with E-state index >= 15 is 0 Å². The number of benzene rings is 8. The van der Waals surface area contributed by atoms with Crippen LogP contribution in [0.25, 0.3) is 22.3 Å². The Kier molecular flexibility index (Phi) is 13.5. The van der Waals surface area contributed by atoms with Gasteiger partial charge in [0.05, 0.1) is 22.7 Å². The van der Waals surface area contributed by atoms with Crippen LogP contribution in [-0.2, 0) is 25.3 Å². The number of ether oxygens (including phenoxy) is 2. The standard InChI is InChI=1S/C59H52N4O4.2O.W/c1-37-27-45(62-47-15-7-11-19-53(47)66-54-20-12-8-16-48(54)62)28-38(2)57(37)41-23-25-43(51(64)31-41)33-60-35-59(5,6)36-61-34-44-26-24-42(32-52(44)65)58-39(3)29-46(30-40(58)4)63-49-17-9-13-21-55(49)67-56-22-14-10-18-50(56)63;;;/h7-34,64-65H,35-36H2,1-6H3;;;. The number of aliphatic imine (C=N–C) groups is 2. The van der Waals surface area contributed by atoms with E-state index in [0.717, 1.165) is 102 Å². The first-order valence-corrected chi connectivity index (χ1v) is 25.4. The minimum absolute atomic E-state index is 0.171. The van der Waals surface area contributed by atoms with Crippen LogP contribution < -0.4 is 19.3 Å². The Balaban J connectivity index is 0.00000198. The molecule has 11 heteroatoms. The molecule has 8 aromatic carbocycles. The van der Waals surface area contributed by atoms with Crippen molar-refractivity contribution in [2.45, 2.75) is 41.5 Å². The van der Waals surface area contributed by atoms with Crippen molar-refractivity contribution < 1.29 is 45.0 Å². The molecule has 0 aromatic heterocycles. The third kappa shape index (κ3) is 9.60. The van der Waals surface area contributed by atoms with Crippen LogP contribution >= 0.6 is 0 Å². The van der Waals surface area contributed by atoms with Gasteiger partial charge >= 0.3 is 25.3 Å². The Morgan fingerprint density at radius 2 is 0.786 bits per heavy atom. The summed E-state index contributed by atoms with van der Waals surface area (Å²) in [5.41, 5.74) is 15.5. The SMILES string of the molecule is Cc1cc(N2c3ccccc3Oc3ccccc32)cc(C)c1-c1ccc(C=NCC(C)(C)CN=Cc2ccc(-c3c(C)cc(N4c5ccccc5Oc5ccccc54)cc3C)cc2O)c(O)c1.[O]=[W]=[O]. The number of phenolic OH excluding ortho intramolecular Hbond substituents is 2. The van der Waals surface area contributed by atoms with E-state index in [0.29, 0.717) is 24.2 Å². The molecule has 0 saturated heterocycles. The Bertz CT molecular complexity index is 3040. The molecule has 2 N–H and O–H groups in total. The van der Waals surface area contributed by atoms with Crippen LogP contribution in [-0.4, -0.2) is 35.7 Å². The van der Waals surface area contributed by atoms with Crippen LogP contribution in [0, 0.1) is 33.1 Å². The number of hydrogen-bond donors (Lipinski definition) is 2. The van der Waals surface area contributed by atoms with Crippen LogP contribution in [0.5, 0.6) is 34.5 Å². The van der Waals surface area contributed by atoms with E-state index < -0.39 is 18.5 Å². The summed E-state index contributed by atoms with van der Waals surface area (Å²) in [6.07, 6.45) is 3.47. The van der Waals surface area contributed by atoms with Gasteiger partial charge in [0, 0.05) is 53.4 Å². The van der Waals surface area contributed by atoms with Crippen LogP contribution in [0.3, 0.4) is 0 Å². The van der Waals surface area contributed by atoms with Gasteiger partial charge in [-0.3, -0.25) is 9.98 Å². The van der Waals surface area contributed by atoms with Crippen LogP contribution in [0.4, 0.5) is 34.1 Å². The van der Waals surface area contributed by atoms with Crippen LogP contribution in [0.15, 0.2) is 168 Å². The molecule has 10 nitrogen and oxygen atoms in total. The Labute approximate surface area is 417 Å². The summed E-state index contributed by atoms with van der Waals surface area (Å²) < 4.78 is 29.6. The molecule has 350 valence electrons. The summed E-state index contributed by atoms with van der Waals surface area (Å²) in [5.74, 6) is 3.60. The molecule has 0 amide bonds.